The molecule has 3 heteroatoms. The zero-order valence-corrected chi connectivity index (χ0v) is 8.32. The van der Waals surface area contributed by atoms with Crippen molar-refractivity contribution >= 4 is 0 Å². The normalized spacial score (nSPS) is 25.5. The van der Waals surface area contributed by atoms with Gasteiger partial charge in [0.15, 0.2) is 12.0 Å². The highest BCUT2D eigenvalue weighted by atomic mass is 19.2. The first-order chi connectivity index (χ1) is 5.96. The molecule has 2 unspecified atom stereocenters. The van der Waals surface area contributed by atoms with Gasteiger partial charge in [0.05, 0.1) is 0 Å². The lowest BCUT2D eigenvalue weighted by Gasteiger charge is -2.31. The zero-order chi connectivity index (χ0) is 10.1. The number of rotatable bonds is 3. The third-order valence-corrected chi connectivity index (χ3v) is 2.74. The number of hydrogen-bond acceptors (Lipinski definition) is 1. The van der Waals surface area contributed by atoms with E-state index in [1.54, 1.807) is 4.90 Å². The summed E-state index contributed by atoms with van der Waals surface area (Å²) in [6.45, 7) is 7.59. The third-order valence-electron chi connectivity index (χ3n) is 2.74. The molecule has 1 aliphatic heterocycles. The first kappa shape index (κ1) is 10.6. The van der Waals surface area contributed by atoms with Crippen LogP contribution in [0.25, 0.3) is 0 Å². The van der Waals surface area contributed by atoms with Crippen LogP contribution in [0.1, 0.15) is 26.7 Å². The van der Waals surface area contributed by atoms with E-state index in [1.165, 1.54) is 13.8 Å². The van der Waals surface area contributed by atoms with Gasteiger partial charge in [-0.05, 0) is 32.3 Å². The van der Waals surface area contributed by atoms with E-state index in [9.17, 15) is 8.78 Å². The molecule has 1 fully saturated rings. The minimum absolute atomic E-state index is 0.256. The Morgan fingerprint density at radius 2 is 1.92 bits per heavy atom. The fraction of sp³-hybridized carbons (Fsp3) is 0.800. The van der Waals surface area contributed by atoms with Gasteiger partial charge in [0, 0.05) is 13.1 Å². The van der Waals surface area contributed by atoms with Crippen molar-refractivity contribution in [2.75, 3.05) is 13.1 Å². The molecule has 0 bridgehead atoms. The van der Waals surface area contributed by atoms with Crippen molar-refractivity contribution in [3.63, 3.8) is 0 Å². The molecule has 0 radical (unpaired) electrons. The Bertz CT molecular complexity index is 195. The molecule has 1 nitrogen and oxygen atoms in total. The molecule has 1 saturated heterocycles. The van der Waals surface area contributed by atoms with Crippen LogP contribution in [0.15, 0.2) is 12.2 Å². The van der Waals surface area contributed by atoms with Crippen LogP contribution in [0.5, 0.6) is 0 Å². The second-order valence-corrected chi connectivity index (χ2v) is 3.93. The van der Waals surface area contributed by atoms with Crippen molar-refractivity contribution in [2.24, 2.45) is 0 Å². The van der Waals surface area contributed by atoms with Crippen LogP contribution < -0.4 is 0 Å². The fourth-order valence-electron chi connectivity index (χ4n) is 1.51. The number of hydrogen-bond donors (Lipinski definition) is 0. The van der Waals surface area contributed by atoms with Gasteiger partial charge in [0.1, 0.15) is 0 Å². The Kier molecular flexibility index (Phi) is 3.06. The molecule has 0 saturated carbocycles. The summed E-state index contributed by atoms with van der Waals surface area (Å²) < 4.78 is 27.4. The van der Waals surface area contributed by atoms with Gasteiger partial charge < -0.3 is 0 Å². The Morgan fingerprint density at radius 3 is 2.31 bits per heavy atom. The molecular weight excluding hydrogens is 172 g/mol. The van der Waals surface area contributed by atoms with Crippen molar-refractivity contribution < 1.29 is 8.78 Å². The molecule has 0 aromatic rings. The molecule has 1 rings (SSSR count). The van der Waals surface area contributed by atoms with Gasteiger partial charge in [0.25, 0.3) is 0 Å². The molecule has 0 aliphatic carbocycles. The zero-order valence-electron chi connectivity index (χ0n) is 8.32. The number of alkyl halides is 2. The highest BCUT2D eigenvalue weighted by Crippen LogP contribution is 2.30. The van der Waals surface area contributed by atoms with Crippen LogP contribution in [-0.2, 0) is 0 Å². The monoisotopic (exact) mass is 189 g/mol. The number of likely N-dealkylation sites (tertiary alicyclic amines) is 1. The summed E-state index contributed by atoms with van der Waals surface area (Å²) in [5.41, 5.74) is -1.66. The molecule has 0 aromatic heterocycles. The lowest BCUT2D eigenvalue weighted by molar-refractivity contribution is -0.0113. The number of nitrogens with zero attached hydrogens (tertiary/aromatic N) is 1. The molecule has 0 amide bonds. The van der Waals surface area contributed by atoms with E-state index in [-0.39, 0.29) is 5.57 Å². The van der Waals surface area contributed by atoms with Gasteiger partial charge in [-0.25, -0.2) is 8.78 Å². The van der Waals surface area contributed by atoms with Crippen LogP contribution in [0, 0.1) is 0 Å². The van der Waals surface area contributed by atoms with Crippen LogP contribution >= 0.6 is 0 Å². The van der Waals surface area contributed by atoms with E-state index in [2.05, 4.69) is 6.58 Å². The highest BCUT2D eigenvalue weighted by molar-refractivity contribution is 5.11. The summed E-state index contributed by atoms with van der Waals surface area (Å²) in [4.78, 5) is 1.55. The molecular formula is C10H17F2N. The quantitative estimate of drug-likeness (QED) is 0.487. The first-order valence-electron chi connectivity index (χ1n) is 4.69. The van der Waals surface area contributed by atoms with E-state index >= 15 is 0 Å². The van der Waals surface area contributed by atoms with Gasteiger partial charge in [-0.15, -0.1) is 0 Å². The summed E-state index contributed by atoms with van der Waals surface area (Å²) in [6.07, 6.45) is 0.395. The molecule has 1 aliphatic rings. The van der Waals surface area contributed by atoms with Gasteiger partial charge in [0.2, 0.25) is 0 Å². The first-order valence-corrected chi connectivity index (χ1v) is 4.69. The van der Waals surface area contributed by atoms with E-state index in [0.29, 0.717) is 13.1 Å². The van der Waals surface area contributed by atoms with Crippen molar-refractivity contribution in [1.82, 2.24) is 4.90 Å². The Balaban J connectivity index is 2.64. The minimum atomic E-state index is -1.91. The largest absolute Gasteiger partial charge is 0.271 e. The third kappa shape index (κ3) is 2.08. The summed E-state index contributed by atoms with van der Waals surface area (Å²) in [7, 11) is 0. The summed E-state index contributed by atoms with van der Waals surface area (Å²) in [5, 5.41) is 0. The van der Waals surface area contributed by atoms with Crippen LogP contribution in [-0.4, -0.2) is 30.0 Å². The molecule has 2 atom stereocenters. The molecule has 0 spiro atoms. The maximum absolute atomic E-state index is 13.7. The van der Waals surface area contributed by atoms with Crippen LogP contribution in [0.2, 0.25) is 0 Å². The lowest BCUT2D eigenvalue weighted by atomic mass is 9.99. The SMILES string of the molecule is C=C(C)C(C)(F)C(F)N1CCCC1. The fourth-order valence-corrected chi connectivity index (χ4v) is 1.51. The smallest absolute Gasteiger partial charge is 0.191 e. The highest BCUT2D eigenvalue weighted by Gasteiger charge is 2.40. The lowest BCUT2D eigenvalue weighted by Crippen LogP contribution is -2.44. The number of halogens is 2. The molecule has 0 aromatic carbocycles. The maximum Gasteiger partial charge on any atom is 0.191 e. The van der Waals surface area contributed by atoms with E-state index < -0.39 is 12.0 Å². The molecule has 13 heavy (non-hydrogen) atoms. The van der Waals surface area contributed by atoms with Gasteiger partial charge in [-0.3, -0.25) is 4.90 Å². The van der Waals surface area contributed by atoms with Gasteiger partial charge in [-0.1, -0.05) is 6.58 Å². The van der Waals surface area contributed by atoms with Crippen LogP contribution in [0.3, 0.4) is 0 Å². The second kappa shape index (κ2) is 3.74. The van der Waals surface area contributed by atoms with Crippen molar-refractivity contribution in [3.05, 3.63) is 12.2 Å². The van der Waals surface area contributed by atoms with Gasteiger partial charge >= 0.3 is 0 Å². The van der Waals surface area contributed by atoms with Crippen molar-refractivity contribution in [1.29, 1.82) is 0 Å². The van der Waals surface area contributed by atoms with E-state index in [4.69, 9.17) is 0 Å². The Labute approximate surface area is 78.4 Å². The van der Waals surface area contributed by atoms with Crippen molar-refractivity contribution in [3.8, 4) is 0 Å². The topological polar surface area (TPSA) is 3.24 Å². The standard InChI is InChI=1S/C10H17F2N/c1-8(2)10(3,12)9(11)13-6-4-5-7-13/h9H,1,4-7H2,2-3H3. The summed E-state index contributed by atoms with van der Waals surface area (Å²) in [6, 6.07) is 0. The summed E-state index contributed by atoms with van der Waals surface area (Å²) in [5.74, 6) is 0. The van der Waals surface area contributed by atoms with Gasteiger partial charge in [-0.2, -0.15) is 0 Å². The Morgan fingerprint density at radius 1 is 1.46 bits per heavy atom. The molecule has 76 valence electrons. The average Bonchev–Trinajstić information content (AvgIpc) is 2.54. The maximum atomic E-state index is 13.7. The molecule has 0 N–H and O–H groups in total. The average molecular weight is 189 g/mol. The second-order valence-electron chi connectivity index (χ2n) is 3.93. The van der Waals surface area contributed by atoms with Crippen LogP contribution in [0.4, 0.5) is 8.78 Å². The predicted octanol–water partition coefficient (Wildman–Crippen LogP) is 2.68. The predicted molar refractivity (Wildman–Crippen MR) is 50.0 cm³/mol. The Hall–Kier alpha value is -0.440. The molecule has 1 heterocycles. The van der Waals surface area contributed by atoms with E-state index in [1.807, 2.05) is 0 Å². The van der Waals surface area contributed by atoms with Crippen molar-refractivity contribution in [2.45, 2.75) is 38.7 Å². The summed E-state index contributed by atoms with van der Waals surface area (Å²) >= 11 is 0. The van der Waals surface area contributed by atoms with E-state index in [0.717, 1.165) is 12.8 Å². The minimum Gasteiger partial charge on any atom is -0.271 e.